The molecule has 1 N–H and O–H groups in total. The Hall–Kier alpha value is -2.49. The summed E-state index contributed by atoms with van der Waals surface area (Å²) in [7, 11) is 0. The number of hydrogen-bond acceptors (Lipinski definition) is 2. The lowest BCUT2D eigenvalue weighted by atomic mass is 10.0. The van der Waals surface area contributed by atoms with Crippen molar-refractivity contribution < 1.29 is 9.53 Å². The molecule has 0 unspecified atom stereocenters. The molecule has 4 heteroatoms. The van der Waals surface area contributed by atoms with Gasteiger partial charge >= 0.3 is 6.03 Å². The Kier molecular flexibility index (Phi) is 5.36. The molecule has 0 radical (unpaired) electrons. The third kappa shape index (κ3) is 4.28. The van der Waals surface area contributed by atoms with Crippen LogP contribution < -0.4 is 10.1 Å². The summed E-state index contributed by atoms with van der Waals surface area (Å²) in [6, 6.07) is 16.4. The number of rotatable bonds is 5. The molecule has 0 bridgehead atoms. The van der Waals surface area contributed by atoms with E-state index in [0.29, 0.717) is 19.7 Å². The zero-order valence-electron chi connectivity index (χ0n) is 14.1. The van der Waals surface area contributed by atoms with Gasteiger partial charge in [0.1, 0.15) is 5.75 Å². The first-order chi connectivity index (χ1) is 11.7. The minimum absolute atomic E-state index is 0.0137. The van der Waals surface area contributed by atoms with Gasteiger partial charge in [0, 0.05) is 19.6 Å². The average Bonchev–Trinajstić information content (AvgIpc) is 2.62. The van der Waals surface area contributed by atoms with Gasteiger partial charge < -0.3 is 15.0 Å². The molecule has 0 fully saturated rings. The fourth-order valence-corrected chi connectivity index (χ4v) is 2.87. The maximum absolute atomic E-state index is 12.3. The summed E-state index contributed by atoms with van der Waals surface area (Å²) in [6.07, 6.45) is 1.73. The molecule has 0 aliphatic carbocycles. The van der Waals surface area contributed by atoms with Crippen LogP contribution in [0.15, 0.2) is 48.5 Å². The van der Waals surface area contributed by atoms with Crippen LogP contribution in [0.4, 0.5) is 4.79 Å². The van der Waals surface area contributed by atoms with E-state index in [2.05, 4.69) is 30.4 Å². The lowest BCUT2D eigenvalue weighted by molar-refractivity contribution is 0.191. The highest BCUT2D eigenvalue weighted by molar-refractivity contribution is 5.74. The monoisotopic (exact) mass is 324 g/mol. The highest BCUT2D eigenvalue weighted by atomic mass is 16.5. The summed E-state index contributed by atoms with van der Waals surface area (Å²) < 4.78 is 5.67. The van der Waals surface area contributed by atoms with Crippen LogP contribution in [0.2, 0.25) is 0 Å². The quantitative estimate of drug-likeness (QED) is 0.855. The lowest BCUT2D eigenvalue weighted by Crippen LogP contribution is -2.43. The fourth-order valence-electron chi connectivity index (χ4n) is 2.87. The number of amides is 2. The molecule has 0 spiro atoms. The zero-order chi connectivity index (χ0) is 16.8. The van der Waals surface area contributed by atoms with Crippen molar-refractivity contribution in [1.29, 1.82) is 0 Å². The number of carbonyl (C=O) groups is 1. The molecule has 0 saturated heterocycles. The lowest BCUT2D eigenvalue weighted by Gasteiger charge is -2.29. The van der Waals surface area contributed by atoms with E-state index in [1.165, 1.54) is 16.7 Å². The molecule has 4 nitrogen and oxygen atoms in total. The largest absolute Gasteiger partial charge is 0.494 e. The molecule has 3 rings (SSSR count). The van der Waals surface area contributed by atoms with Crippen LogP contribution in [0.3, 0.4) is 0 Å². The summed E-state index contributed by atoms with van der Waals surface area (Å²) in [4.78, 5) is 14.1. The Morgan fingerprint density at radius 1 is 1.12 bits per heavy atom. The summed E-state index contributed by atoms with van der Waals surface area (Å²) in [6.45, 7) is 4.76. The number of benzene rings is 2. The van der Waals surface area contributed by atoms with Crippen LogP contribution >= 0.6 is 0 Å². The van der Waals surface area contributed by atoms with Gasteiger partial charge in [0.2, 0.25) is 0 Å². The molecule has 2 aromatic rings. The van der Waals surface area contributed by atoms with Crippen LogP contribution in [-0.2, 0) is 13.0 Å². The molecule has 0 saturated carbocycles. The van der Waals surface area contributed by atoms with Gasteiger partial charge in [0.05, 0.1) is 6.61 Å². The normalized spacial score (nSPS) is 13.3. The van der Waals surface area contributed by atoms with Gasteiger partial charge in [-0.3, -0.25) is 0 Å². The van der Waals surface area contributed by atoms with Gasteiger partial charge in [-0.1, -0.05) is 42.0 Å². The molecule has 0 aromatic heterocycles. The second-order valence-corrected chi connectivity index (χ2v) is 6.19. The maximum Gasteiger partial charge on any atom is 0.317 e. The van der Waals surface area contributed by atoms with Crippen LogP contribution in [-0.4, -0.2) is 30.6 Å². The van der Waals surface area contributed by atoms with E-state index < -0.39 is 0 Å². The number of carbonyl (C=O) groups excluding carboxylic acids is 1. The van der Waals surface area contributed by atoms with E-state index in [0.717, 1.165) is 25.1 Å². The van der Waals surface area contributed by atoms with Crippen LogP contribution in [0.25, 0.3) is 0 Å². The topological polar surface area (TPSA) is 41.6 Å². The molecular weight excluding hydrogens is 300 g/mol. The molecule has 0 atom stereocenters. The number of fused-ring (bicyclic) bond motifs is 1. The van der Waals surface area contributed by atoms with E-state index in [9.17, 15) is 4.79 Å². The van der Waals surface area contributed by atoms with Gasteiger partial charge in [-0.25, -0.2) is 4.79 Å². The van der Waals surface area contributed by atoms with Crippen LogP contribution in [0, 0.1) is 6.92 Å². The van der Waals surface area contributed by atoms with Gasteiger partial charge in [-0.15, -0.1) is 0 Å². The van der Waals surface area contributed by atoms with Crippen LogP contribution in [0.1, 0.15) is 23.1 Å². The Labute approximate surface area is 143 Å². The van der Waals surface area contributed by atoms with E-state index in [-0.39, 0.29) is 6.03 Å². The summed E-state index contributed by atoms with van der Waals surface area (Å²) in [5, 5.41) is 2.99. The Morgan fingerprint density at radius 3 is 2.67 bits per heavy atom. The molecule has 2 amide bonds. The third-order valence-corrected chi connectivity index (χ3v) is 4.30. The standard InChI is InChI=1S/C20H24N2O2/c1-16-7-9-19(10-8-16)24-14-4-12-21-20(23)22-13-11-17-5-2-3-6-18(17)15-22/h2-3,5-10H,4,11-15H2,1H3,(H,21,23). The molecule has 1 heterocycles. The molecule has 1 aliphatic rings. The second kappa shape index (κ2) is 7.86. The first-order valence-electron chi connectivity index (χ1n) is 8.51. The number of ether oxygens (including phenoxy) is 1. The number of hydrogen-bond donors (Lipinski definition) is 1. The predicted octanol–water partition coefficient (Wildman–Crippen LogP) is 3.53. The first kappa shape index (κ1) is 16.4. The summed E-state index contributed by atoms with van der Waals surface area (Å²) in [5.41, 5.74) is 3.83. The van der Waals surface area contributed by atoms with Gasteiger partial charge in [-0.05, 0) is 43.0 Å². The number of nitrogens with zero attached hydrogens (tertiary/aromatic N) is 1. The van der Waals surface area contributed by atoms with Gasteiger partial charge in [0.25, 0.3) is 0 Å². The Bertz CT molecular complexity index is 682. The molecule has 2 aromatic carbocycles. The van der Waals surface area contributed by atoms with E-state index in [1.807, 2.05) is 35.2 Å². The summed E-state index contributed by atoms with van der Waals surface area (Å²) in [5.74, 6) is 0.875. The summed E-state index contributed by atoms with van der Waals surface area (Å²) >= 11 is 0. The third-order valence-electron chi connectivity index (χ3n) is 4.30. The molecule has 1 aliphatic heterocycles. The molecule has 24 heavy (non-hydrogen) atoms. The molecule has 126 valence electrons. The van der Waals surface area contributed by atoms with Crippen molar-refractivity contribution in [3.8, 4) is 5.75 Å². The first-order valence-corrected chi connectivity index (χ1v) is 8.51. The molecular formula is C20H24N2O2. The van der Waals surface area contributed by atoms with Crippen molar-refractivity contribution in [2.24, 2.45) is 0 Å². The van der Waals surface area contributed by atoms with Gasteiger partial charge in [-0.2, -0.15) is 0 Å². The van der Waals surface area contributed by atoms with E-state index in [4.69, 9.17) is 4.74 Å². The number of aryl methyl sites for hydroxylation is 1. The minimum Gasteiger partial charge on any atom is -0.494 e. The highest BCUT2D eigenvalue weighted by Gasteiger charge is 2.19. The number of nitrogens with one attached hydrogen (secondary N) is 1. The SMILES string of the molecule is Cc1ccc(OCCCNC(=O)N2CCc3ccccc3C2)cc1. The zero-order valence-corrected chi connectivity index (χ0v) is 14.1. The second-order valence-electron chi connectivity index (χ2n) is 6.19. The van der Waals surface area contributed by atoms with Crippen molar-refractivity contribution in [2.45, 2.75) is 26.3 Å². The van der Waals surface area contributed by atoms with Crippen LogP contribution in [0.5, 0.6) is 5.75 Å². The van der Waals surface area contributed by atoms with Crippen molar-refractivity contribution in [3.63, 3.8) is 0 Å². The Balaban J connectivity index is 1.36. The van der Waals surface area contributed by atoms with E-state index >= 15 is 0 Å². The minimum atomic E-state index is 0.0137. The van der Waals surface area contributed by atoms with Crippen molar-refractivity contribution in [1.82, 2.24) is 10.2 Å². The van der Waals surface area contributed by atoms with E-state index in [1.54, 1.807) is 0 Å². The smallest absolute Gasteiger partial charge is 0.317 e. The van der Waals surface area contributed by atoms with Crippen molar-refractivity contribution in [2.75, 3.05) is 19.7 Å². The maximum atomic E-state index is 12.3. The van der Waals surface area contributed by atoms with Crippen molar-refractivity contribution in [3.05, 3.63) is 65.2 Å². The highest BCUT2D eigenvalue weighted by Crippen LogP contribution is 2.18. The van der Waals surface area contributed by atoms with Crippen molar-refractivity contribution >= 4 is 6.03 Å². The number of urea groups is 1. The average molecular weight is 324 g/mol. The Morgan fingerprint density at radius 2 is 1.88 bits per heavy atom. The fraction of sp³-hybridized carbons (Fsp3) is 0.350. The van der Waals surface area contributed by atoms with Gasteiger partial charge in [0.15, 0.2) is 0 Å². The predicted molar refractivity (Wildman–Crippen MR) is 95.2 cm³/mol.